The average molecular weight is 229 g/mol. The summed E-state index contributed by atoms with van der Waals surface area (Å²) < 4.78 is 5.43. The van der Waals surface area contributed by atoms with Crippen molar-refractivity contribution in [1.29, 1.82) is 0 Å². The molecule has 2 aromatic rings. The third kappa shape index (κ3) is 1.73. The molecule has 0 bridgehead atoms. The normalized spacial score (nSPS) is 13.2. The Balaban J connectivity index is 2.09. The summed E-state index contributed by atoms with van der Waals surface area (Å²) in [5.41, 5.74) is 13.1. The standard InChI is InChI=1S/C11H11N5O/c12-10-14-9(15-11(13)16-10)7-1-2-8-6(5-7)3-4-17-8/h1-2,5H,3-4H2,(H4,12,13,14,15,16). The van der Waals surface area contributed by atoms with Gasteiger partial charge < -0.3 is 16.2 Å². The van der Waals surface area contributed by atoms with Gasteiger partial charge in [0, 0.05) is 12.0 Å². The first kappa shape index (κ1) is 9.83. The first-order chi connectivity index (χ1) is 8.22. The topological polar surface area (TPSA) is 99.9 Å². The van der Waals surface area contributed by atoms with Crippen molar-refractivity contribution in [2.24, 2.45) is 0 Å². The highest BCUT2D eigenvalue weighted by molar-refractivity contribution is 5.61. The van der Waals surface area contributed by atoms with Crippen molar-refractivity contribution in [2.75, 3.05) is 18.1 Å². The summed E-state index contributed by atoms with van der Waals surface area (Å²) in [7, 11) is 0. The molecular weight excluding hydrogens is 218 g/mol. The Morgan fingerprint density at radius 2 is 1.82 bits per heavy atom. The lowest BCUT2D eigenvalue weighted by molar-refractivity contribution is 0.357. The van der Waals surface area contributed by atoms with Crippen LogP contribution in [-0.4, -0.2) is 21.6 Å². The summed E-state index contributed by atoms with van der Waals surface area (Å²) in [5.74, 6) is 1.67. The van der Waals surface area contributed by atoms with Gasteiger partial charge in [-0.25, -0.2) is 0 Å². The van der Waals surface area contributed by atoms with Gasteiger partial charge in [0.15, 0.2) is 5.82 Å². The van der Waals surface area contributed by atoms with Crippen molar-refractivity contribution in [3.8, 4) is 17.1 Å². The van der Waals surface area contributed by atoms with Gasteiger partial charge in [-0.05, 0) is 23.8 Å². The Morgan fingerprint density at radius 3 is 2.59 bits per heavy atom. The van der Waals surface area contributed by atoms with E-state index in [-0.39, 0.29) is 11.9 Å². The van der Waals surface area contributed by atoms with E-state index < -0.39 is 0 Å². The van der Waals surface area contributed by atoms with Crippen LogP contribution in [0.5, 0.6) is 5.75 Å². The van der Waals surface area contributed by atoms with Crippen LogP contribution in [0, 0.1) is 0 Å². The molecule has 3 rings (SSSR count). The zero-order chi connectivity index (χ0) is 11.8. The number of ether oxygens (including phenoxy) is 1. The molecule has 0 atom stereocenters. The fourth-order valence-corrected chi connectivity index (χ4v) is 1.86. The highest BCUT2D eigenvalue weighted by Gasteiger charge is 2.14. The van der Waals surface area contributed by atoms with Crippen LogP contribution in [0.1, 0.15) is 5.56 Å². The lowest BCUT2D eigenvalue weighted by atomic mass is 10.1. The van der Waals surface area contributed by atoms with Gasteiger partial charge in [0.2, 0.25) is 11.9 Å². The first-order valence-electron chi connectivity index (χ1n) is 5.25. The van der Waals surface area contributed by atoms with E-state index in [1.54, 1.807) is 0 Å². The zero-order valence-electron chi connectivity index (χ0n) is 9.05. The van der Waals surface area contributed by atoms with E-state index in [0.717, 1.165) is 29.9 Å². The van der Waals surface area contributed by atoms with Gasteiger partial charge in [-0.3, -0.25) is 0 Å². The Bertz CT molecular complexity index is 564. The molecule has 0 aliphatic carbocycles. The molecule has 0 saturated carbocycles. The van der Waals surface area contributed by atoms with Crippen molar-refractivity contribution < 1.29 is 4.74 Å². The first-order valence-corrected chi connectivity index (χ1v) is 5.25. The second kappa shape index (κ2) is 3.58. The number of anilines is 2. The van der Waals surface area contributed by atoms with Crippen LogP contribution >= 0.6 is 0 Å². The van der Waals surface area contributed by atoms with Gasteiger partial charge in [0.05, 0.1) is 6.61 Å². The maximum Gasteiger partial charge on any atom is 0.225 e. The number of fused-ring (bicyclic) bond motifs is 1. The monoisotopic (exact) mass is 229 g/mol. The molecule has 0 amide bonds. The number of nitrogen functional groups attached to an aromatic ring is 2. The molecule has 86 valence electrons. The molecule has 0 fully saturated rings. The zero-order valence-corrected chi connectivity index (χ0v) is 9.05. The maximum absolute atomic E-state index is 5.54. The summed E-state index contributed by atoms with van der Waals surface area (Å²) >= 11 is 0. The fraction of sp³-hybridized carbons (Fsp3) is 0.182. The van der Waals surface area contributed by atoms with Crippen molar-refractivity contribution in [3.05, 3.63) is 23.8 Å². The lowest BCUT2D eigenvalue weighted by Gasteiger charge is -2.04. The van der Waals surface area contributed by atoms with E-state index in [2.05, 4.69) is 15.0 Å². The molecule has 1 aromatic heterocycles. The van der Waals surface area contributed by atoms with E-state index in [1.165, 1.54) is 0 Å². The molecule has 2 heterocycles. The number of rotatable bonds is 1. The number of aromatic nitrogens is 3. The van der Waals surface area contributed by atoms with Crippen molar-refractivity contribution >= 4 is 11.9 Å². The molecule has 0 saturated heterocycles. The third-order valence-electron chi connectivity index (χ3n) is 2.62. The number of hydrogen-bond acceptors (Lipinski definition) is 6. The summed E-state index contributed by atoms with van der Waals surface area (Å²) in [4.78, 5) is 11.9. The van der Waals surface area contributed by atoms with Gasteiger partial charge >= 0.3 is 0 Å². The highest BCUT2D eigenvalue weighted by Crippen LogP contribution is 2.29. The molecule has 4 N–H and O–H groups in total. The Morgan fingerprint density at radius 1 is 1.06 bits per heavy atom. The van der Waals surface area contributed by atoms with Gasteiger partial charge in [-0.15, -0.1) is 0 Å². The average Bonchev–Trinajstić information content (AvgIpc) is 2.74. The molecule has 6 heteroatoms. The Hall–Kier alpha value is -2.37. The number of nitrogens with two attached hydrogens (primary N) is 2. The minimum Gasteiger partial charge on any atom is -0.493 e. The summed E-state index contributed by atoms with van der Waals surface area (Å²) in [6.45, 7) is 0.722. The van der Waals surface area contributed by atoms with Gasteiger partial charge in [-0.2, -0.15) is 15.0 Å². The largest absolute Gasteiger partial charge is 0.493 e. The minimum atomic E-state index is 0.129. The van der Waals surface area contributed by atoms with Crippen LogP contribution in [0.3, 0.4) is 0 Å². The molecule has 0 unspecified atom stereocenters. The summed E-state index contributed by atoms with van der Waals surface area (Å²) in [6, 6.07) is 5.79. The second-order valence-corrected chi connectivity index (χ2v) is 3.80. The number of hydrogen-bond donors (Lipinski definition) is 2. The fourth-order valence-electron chi connectivity index (χ4n) is 1.86. The predicted molar refractivity (Wildman–Crippen MR) is 63.3 cm³/mol. The number of nitrogens with zero attached hydrogens (tertiary/aromatic N) is 3. The van der Waals surface area contributed by atoms with E-state index in [0.29, 0.717) is 5.82 Å². The van der Waals surface area contributed by atoms with E-state index in [9.17, 15) is 0 Å². The van der Waals surface area contributed by atoms with Gasteiger partial charge in [0.1, 0.15) is 5.75 Å². The highest BCUT2D eigenvalue weighted by atomic mass is 16.5. The van der Waals surface area contributed by atoms with Crippen LogP contribution in [0.25, 0.3) is 11.4 Å². The lowest BCUT2D eigenvalue weighted by Crippen LogP contribution is -2.04. The van der Waals surface area contributed by atoms with Gasteiger partial charge in [-0.1, -0.05) is 0 Å². The molecule has 17 heavy (non-hydrogen) atoms. The smallest absolute Gasteiger partial charge is 0.225 e. The van der Waals surface area contributed by atoms with Crippen LogP contribution in [0.2, 0.25) is 0 Å². The summed E-state index contributed by atoms with van der Waals surface area (Å²) in [6.07, 6.45) is 0.902. The van der Waals surface area contributed by atoms with Crippen molar-refractivity contribution in [2.45, 2.75) is 6.42 Å². The third-order valence-corrected chi connectivity index (χ3v) is 2.62. The number of benzene rings is 1. The Kier molecular flexibility index (Phi) is 2.07. The maximum atomic E-state index is 5.54. The minimum absolute atomic E-state index is 0.129. The molecule has 0 spiro atoms. The molecule has 1 aromatic carbocycles. The molecular formula is C11H11N5O. The molecule has 1 aliphatic rings. The summed E-state index contributed by atoms with van der Waals surface area (Å²) in [5, 5.41) is 0. The molecule has 1 aliphatic heterocycles. The van der Waals surface area contributed by atoms with E-state index in [4.69, 9.17) is 16.2 Å². The van der Waals surface area contributed by atoms with Crippen LogP contribution in [0.4, 0.5) is 11.9 Å². The van der Waals surface area contributed by atoms with Crippen LogP contribution in [-0.2, 0) is 6.42 Å². The SMILES string of the molecule is Nc1nc(N)nc(-c2ccc3c(c2)CCO3)n1. The van der Waals surface area contributed by atoms with Crippen LogP contribution in [0.15, 0.2) is 18.2 Å². The molecule has 0 radical (unpaired) electrons. The van der Waals surface area contributed by atoms with Crippen LogP contribution < -0.4 is 16.2 Å². The quantitative estimate of drug-likeness (QED) is 0.744. The van der Waals surface area contributed by atoms with E-state index in [1.807, 2.05) is 18.2 Å². The van der Waals surface area contributed by atoms with Gasteiger partial charge in [0.25, 0.3) is 0 Å². The Labute approximate surface area is 97.7 Å². The van der Waals surface area contributed by atoms with Crippen molar-refractivity contribution in [1.82, 2.24) is 15.0 Å². The second-order valence-electron chi connectivity index (χ2n) is 3.80. The predicted octanol–water partition coefficient (Wildman–Crippen LogP) is 0.638. The molecule has 6 nitrogen and oxygen atoms in total. The van der Waals surface area contributed by atoms with E-state index >= 15 is 0 Å². The van der Waals surface area contributed by atoms with Crippen molar-refractivity contribution in [3.63, 3.8) is 0 Å².